The number of hydrogen-bond acceptors (Lipinski definition) is 5. The molecule has 1 amide bonds. The fourth-order valence-electron chi connectivity index (χ4n) is 2.29. The molecule has 0 aliphatic heterocycles. The number of likely N-dealkylation sites (N-methyl/N-ethyl adjacent to an activating group) is 1. The Bertz CT molecular complexity index is 846. The van der Waals surface area contributed by atoms with E-state index < -0.39 is 9.84 Å². The minimum atomic E-state index is -3.15. The predicted octanol–water partition coefficient (Wildman–Crippen LogP) is 2.42. The summed E-state index contributed by atoms with van der Waals surface area (Å²) in [5.41, 5.74) is 1.64. The number of benzene rings is 2. The van der Waals surface area contributed by atoms with E-state index in [1.54, 1.807) is 48.5 Å². The summed E-state index contributed by atoms with van der Waals surface area (Å²) in [6.07, 6.45) is 1.17. The van der Waals surface area contributed by atoms with Crippen molar-refractivity contribution < 1.29 is 17.9 Å². The molecular formula is C19H24N2O4S. The second-order valence-electron chi connectivity index (χ2n) is 6.40. The molecule has 0 aliphatic carbocycles. The lowest BCUT2D eigenvalue weighted by atomic mass is 10.1. The summed E-state index contributed by atoms with van der Waals surface area (Å²) in [6.45, 7) is 1.41. The number of nitrogens with one attached hydrogen (secondary N) is 1. The number of sulfone groups is 1. The van der Waals surface area contributed by atoms with E-state index in [1.807, 2.05) is 19.0 Å². The Morgan fingerprint density at radius 2 is 1.81 bits per heavy atom. The van der Waals surface area contributed by atoms with Gasteiger partial charge in [0, 0.05) is 24.1 Å². The van der Waals surface area contributed by atoms with Gasteiger partial charge in [0.25, 0.3) is 5.91 Å². The van der Waals surface area contributed by atoms with Crippen molar-refractivity contribution in [2.45, 2.75) is 5.75 Å². The van der Waals surface area contributed by atoms with E-state index in [2.05, 4.69) is 5.32 Å². The molecule has 0 bridgehead atoms. The molecule has 2 aromatic carbocycles. The standard InChI is InChI=1S/C19H24N2O4S/c1-21(2)11-12-25-18-9-7-17(8-10-18)20-19(22)16-6-4-5-15(13-16)14-26(3,23)24/h4-10,13H,11-12,14H2,1-3H3,(H,20,22). The Morgan fingerprint density at radius 3 is 2.42 bits per heavy atom. The first kappa shape index (κ1) is 19.9. The van der Waals surface area contributed by atoms with Crippen molar-refractivity contribution in [3.8, 4) is 5.75 Å². The Hall–Kier alpha value is -2.38. The maximum Gasteiger partial charge on any atom is 0.255 e. The Labute approximate surface area is 154 Å². The molecule has 140 valence electrons. The van der Waals surface area contributed by atoms with Gasteiger partial charge in [-0.2, -0.15) is 0 Å². The highest BCUT2D eigenvalue weighted by Crippen LogP contribution is 2.17. The molecule has 0 saturated heterocycles. The number of hydrogen-bond donors (Lipinski definition) is 1. The van der Waals surface area contributed by atoms with Crippen LogP contribution >= 0.6 is 0 Å². The summed E-state index contributed by atoms with van der Waals surface area (Å²) < 4.78 is 28.4. The third kappa shape index (κ3) is 6.85. The van der Waals surface area contributed by atoms with E-state index >= 15 is 0 Å². The van der Waals surface area contributed by atoms with Crippen LogP contribution in [0.1, 0.15) is 15.9 Å². The lowest BCUT2D eigenvalue weighted by Gasteiger charge is -2.11. The first-order valence-corrected chi connectivity index (χ1v) is 10.2. The van der Waals surface area contributed by atoms with E-state index in [4.69, 9.17) is 4.74 Å². The van der Waals surface area contributed by atoms with Crippen LogP contribution in [0.5, 0.6) is 5.75 Å². The average Bonchev–Trinajstić information content (AvgIpc) is 2.55. The topological polar surface area (TPSA) is 75.7 Å². The monoisotopic (exact) mass is 376 g/mol. The summed E-state index contributed by atoms with van der Waals surface area (Å²) in [5, 5.41) is 2.80. The first-order chi connectivity index (χ1) is 12.2. The van der Waals surface area contributed by atoms with Gasteiger partial charge in [0.15, 0.2) is 9.84 Å². The van der Waals surface area contributed by atoms with Crippen molar-refractivity contribution in [2.75, 3.05) is 38.8 Å². The quantitative estimate of drug-likeness (QED) is 0.766. The zero-order valence-corrected chi connectivity index (χ0v) is 16.0. The second-order valence-corrected chi connectivity index (χ2v) is 8.54. The third-order valence-electron chi connectivity index (χ3n) is 3.54. The Morgan fingerprint density at radius 1 is 1.12 bits per heavy atom. The number of rotatable bonds is 8. The van der Waals surface area contributed by atoms with Crippen LogP contribution < -0.4 is 10.1 Å². The molecule has 0 saturated carbocycles. The van der Waals surface area contributed by atoms with Gasteiger partial charge in [-0.1, -0.05) is 12.1 Å². The van der Waals surface area contributed by atoms with Gasteiger partial charge in [0.05, 0.1) is 5.75 Å². The maximum absolute atomic E-state index is 12.4. The number of nitrogens with zero attached hydrogens (tertiary/aromatic N) is 1. The van der Waals surface area contributed by atoms with Gasteiger partial charge in [-0.25, -0.2) is 8.42 Å². The van der Waals surface area contributed by atoms with Crippen molar-refractivity contribution in [2.24, 2.45) is 0 Å². The van der Waals surface area contributed by atoms with E-state index in [1.165, 1.54) is 6.26 Å². The number of carbonyl (C=O) groups excluding carboxylic acids is 1. The highest BCUT2D eigenvalue weighted by atomic mass is 32.2. The van der Waals surface area contributed by atoms with E-state index in [-0.39, 0.29) is 11.7 Å². The zero-order chi connectivity index (χ0) is 19.2. The first-order valence-electron chi connectivity index (χ1n) is 8.18. The second kappa shape index (κ2) is 8.82. The van der Waals surface area contributed by atoms with Crippen molar-refractivity contribution in [1.29, 1.82) is 0 Å². The molecule has 0 radical (unpaired) electrons. The molecular weight excluding hydrogens is 352 g/mol. The van der Waals surface area contributed by atoms with Gasteiger partial charge in [0.1, 0.15) is 12.4 Å². The molecule has 0 fully saturated rings. The maximum atomic E-state index is 12.4. The fraction of sp³-hybridized carbons (Fsp3) is 0.316. The Balaban J connectivity index is 1.98. The van der Waals surface area contributed by atoms with Crippen LogP contribution in [0.15, 0.2) is 48.5 Å². The van der Waals surface area contributed by atoms with E-state index in [9.17, 15) is 13.2 Å². The van der Waals surface area contributed by atoms with E-state index in [0.29, 0.717) is 23.4 Å². The molecule has 6 nitrogen and oxygen atoms in total. The van der Waals surface area contributed by atoms with Crippen LogP contribution in [0.2, 0.25) is 0 Å². The van der Waals surface area contributed by atoms with Gasteiger partial charge in [-0.15, -0.1) is 0 Å². The summed E-state index contributed by atoms with van der Waals surface area (Å²) in [5.74, 6) is 0.356. The Kier molecular flexibility index (Phi) is 6.76. The summed E-state index contributed by atoms with van der Waals surface area (Å²) >= 11 is 0. The molecule has 0 heterocycles. The van der Waals surface area contributed by atoms with Crippen LogP contribution in [0.25, 0.3) is 0 Å². The van der Waals surface area contributed by atoms with Gasteiger partial charge in [-0.05, 0) is 56.1 Å². The number of ether oxygens (including phenoxy) is 1. The van der Waals surface area contributed by atoms with Crippen molar-refractivity contribution >= 4 is 21.4 Å². The molecule has 2 aromatic rings. The molecule has 0 spiro atoms. The lowest BCUT2D eigenvalue weighted by Crippen LogP contribution is -2.19. The van der Waals surface area contributed by atoms with Gasteiger partial charge in [-0.3, -0.25) is 4.79 Å². The zero-order valence-electron chi connectivity index (χ0n) is 15.2. The smallest absolute Gasteiger partial charge is 0.255 e. The molecule has 0 unspecified atom stereocenters. The van der Waals surface area contributed by atoms with Crippen molar-refractivity contribution in [1.82, 2.24) is 4.90 Å². The fourth-order valence-corrected chi connectivity index (χ4v) is 3.07. The molecule has 26 heavy (non-hydrogen) atoms. The van der Waals surface area contributed by atoms with Gasteiger partial charge in [0.2, 0.25) is 0 Å². The van der Waals surface area contributed by atoms with Crippen LogP contribution in [0.4, 0.5) is 5.69 Å². The molecule has 0 aliphatic rings. The summed E-state index contributed by atoms with van der Waals surface area (Å²) in [6, 6.07) is 13.7. The van der Waals surface area contributed by atoms with Crippen LogP contribution in [0.3, 0.4) is 0 Å². The molecule has 2 rings (SSSR count). The van der Waals surface area contributed by atoms with Crippen molar-refractivity contribution in [3.63, 3.8) is 0 Å². The average molecular weight is 376 g/mol. The number of amides is 1. The SMILES string of the molecule is CN(C)CCOc1ccc(NC(=O)c2cccc(CS(C)(=O)=O)c2)cc1. The predicted molar refractivity (Wildman–Crippen MR) is 103 cm³/mol. The normalized spacial score (nSPS) is 11.4. The largest absolute Gasteiger partial charge is 0.492 e. The molecule has 0 atom stereocenters. The number of anilines is 1. The van der Waals surface area contributed by atoms with Gasteiger partial charge < -0.3 is 15.0 Å². The van der Waals surface area contributed by atoms with Gasteiger partial charge >= 0.3 is 0 Å². The minimum Gasteiger partial charge on any atom is -0.492 e. The van der Waals surface area contributed by atoms with Crippen LogP contribution in [0, 0.1) is 0 Å². The minimum absolute atomic E-state index is 0.0902. The van der Waals surface area contributed by atoms with E-state index in [0.717, 1.165) is 12.3 Å². The van der Waals surface area contributed by atoms with Crippen LogP contribution in [-0.2, 0) is 15.6 Å². The highest BCUT2D eigenvalue weighted by molar-refractivity contribution is 7.89. The highest BCUT2D eigenvalue weighted by Gasteiger charge is 2.10. The van der Waals surface area contributed by atoms with Crippen LogP contribution in [-0.4, -0.2) is 52.7 Å². The third-order valence-corrected chi connectivity index (χ3v) is 4.40. The number of carbonyl (C=O) groups is 1. The molecule has 0 aromatic heterocycles. The lowest BCUT2D eigenvalue weighted by molar-refractivity contribution is 0.102. The molecule has 1 N–H and O–H groups in total. The summed E-state index contributed by atoms with van der Waals surface area (Å²) in [4.78, 5) is 14.4. The summed E-state index contributed by atoms with van der Waals surface area (Å²) in [7, 11) is 0.813. The van der Waals surface area contributed by atoms with Crippen molar-refractivity contribution in [3.05, 3.63) is 59.7 Å². The molecule has 7 heteroatoms.